The van der Waals surface area contributed by atoms with Crippen LogP contribution in [0.1, 0.15) is 19.8 Å². The van der Waals surface area contributed by atoms with Crippen LogP contribution in [-0.2, 0) is 15.6 Å². The molecule has 2 rings (SSSR count). The second-order valence-corrected chi connectivity index (χ2v) is 6.67. The Kier molecular flexibility index (Phi) is 3.60. The Morgan fingerprint density at radius 3 is 2.75 bits per heavy atom. The van der Waals surface area contributed by atoms with E-state index < -0.39 is 10.8 Å². The Bertz CT molecular complexity index is 444. The molecular formula is C12H13BrO2S. The van der Waals surface area contributed by atoms with Crippen molar-refractivity contribution >= 4 is 32.5 Å². The van der Waals surface area contributed by atoms with Gasteiger partial charge in [0.1, 0.15) is 5.78 Å². The Hall–Kier alpha value is -0.480. The monoisotopic (exact) mass is 300 g/mol. The summed E-state index contributed by atoms with van der Waals surface area (Å²) < 4.78 is 13.2. The van der Waals surface area contributed by atoms with E-state index in [2.05, 4.69) is 15.9 Å². The zero-order valence-electron chi connectivity index (χ0n) is 8.98. The van der Waals surface area contributed by atoms with Crippen LogP contribution >= 0.6 is 15.9 Å². The van der Waals surface area contributed by atoms with Gasteiger partial charge in [0.25, 0.3) is 0 Å². The molecule has 86 valence electrons. The second-order valence-electron chi connectivity index (χ2n) is 4.09. The Balaban J connectivity index is 2.23. The molecule has 1 aliphatic rings. The number of benzene rings is 1. The van der Waals surface area contributed by atoms with Gasteiger partial charge in [-0.05, 0) is 24.6 Å². The van der Waals surface area contributed by atoms with Gasteiger partial charge in [0, 0.05) is 27.0 Å². The smallest absolute Gasteiger partial charge is 0.136 e. The Morgan fingerprint density at radius 1 is 1.44 bits per heavy atom. The fourth-order valence-electron chi connectivity index (χ4n) is 2.03. The van der Waals surface area contributed by atoms with E-state index in [1.165, 1.54) is 0 Å². The minimum atomic E-state index is -1.07. The van der Waals surface area contributed by atoms with E-state index >= 15 is 0 Å². The third kappa shape index (κ3) is 2.28. The van der Waals surface area contributed by atoms with Crippen LogP contribution in [0, 0.1) is 5.92 Å². The first kappa shape index (κ1) is 12.0. The van der Waals surface area contributed by atoms with E-state index in [1.807, 2.05) is 31.2 Å². The molecule has 1 aromatic rings. The van der Waals surface area contributed by atoms with E-state index in [4.69, 9.17) is 0 Å². The van der Waals surface area contributed by atoms with Crippen molar-refractivity contribution in [3.63, 3.8) is 0 Å². The number of carbonyl (C=O) groups excluding carboxylic acids is 1. The van der Waals surface area contributed by atoms with Crippen molar-refractivity contribution in [3.8, 4) is 0 Å². The van der Waals surface area contributed by atoms with Gasteiger partial charge in [-0.3, -0.25) is 9.00 Å². The average Bonchev–Trinajstić information content (AvgIpc) is 2.59. The molecule has 3 atom stereocenters. The molecule has 0 heterocycles. The molecule has 0 saturated heterocycles. The molecule has 0 aliphatic heterocycles. The second kappa shape index (κ2) is 4.80. The maximum Gasteiger partial charge on any atom is 0.136 e. The van der Waals surface area contributed by atoms with Crippen LogP contribution in [0.2, 0.25) is 0 Å². The minimum Gasteiger partial charge on any atom is -0.299 e. The van der Waals surface area contributed by atoms with Gasteiger partial charge in [-0.15, -0.1) is 0 Å². The number of rotatable bonds is 2. The molecule has 1 saturated carbocycles. The van der Waals surface area contributed by atoms with Crippen molar-refractivity contribution in [3.05, 3.63) is 28.7 Å². The summed E-state index contributed by atoms with van der Waals surface area (Å²) in [6.07, 6.45) is 1.32. The average molecular weight is 301 g/mol. The van der Waals surface area contributed by atoms with Crippen LogP contribution in [0.25, 0.3) is 0 Å². The lowest BCUT2D eigenvalue weighted by atomic mass is 10.1. The van der Waals surface area contributed by atoms with E-state index in [0.29, 0.717) is 6.42 Å². The van der Waals surface area contributed by atoms with Crippen molar-refractivity contribution in [2.45, 2.75) is 29.9 Å². The van der Waals surface area contributed by atoms with Gasteiger partial charge in [0.05, 0.1) is 10.8 Å². The third-order valence-corrected chi connectivity index (χ3v) is 5.45. The third-order valence-electron chi connectivity index (χ3n) is 3.04. The van der Waals surface area contributed by atoms with Gasteiger partial charge >= 0.3 is 0 Å². The largest absolute Gasteiger partial charge is 0.299 e. The summed E-state index contributed by atoms with van der Waals surface area (Å²) in [6, 6.07) is 7.50. The van der Waals surface area contributed by atoms with Crippen molar-refractivity contribution < 1.29 is 9.00 Å². The Morgan fingerprint density at radius 2 is 2.19 bits per heavy atom. The topological polar surface area (TPSA) is 34.1 Å². The highest BCUT2D eigenvalue weighted by Crippen LogP contribution is 2.30. The molecule has 0 spiro atoms. The number of halogens is 1. The molecule has 0 aromatic heterocycles. The summed E-state index contributed by atoms with van der Waals surface area (Å²) in [7, 11) is -1.07. The molecule has 2 nitrogen and oxygen atoms in total. The molecule has 3 unspecified atom stereocenters. The van der Waals surface area contributed by atoms with E-state index in [9.17, 15) is 9.00 Å². The summed E-state index contributed by atoms with van der Waals surface area (Å²) in [6.45, 7) is 1.88. The van der Waals surface area contributed by atoms with Crippen LogP contribution in [-0.4, -0.2) is 15.2 Å². The zero-order valence-corrected chi connectivity index (χ0v) is 11.4. The molecular weight excluding hydrogens is 288 g/mol. The number of carbonyl (C=O) groups is 1. The summed E-state index contributed by atoms with van der Waals surface area (Å²) in [5.74, 6) is 0.174. The maximum atomic E-state index is 12.3. The fraction of sp³-hybridized carbons (Fsp3) is 0.417. The molecule has 0 N–H and O–H groups in total. The molecule has 4 heteroatoms. The SMILES string of the molecule is CC1C(=O)CCC1S(=O)c1cccc(Br)c1. The fourth-order valence-corrected chi connectivity index (χ4v) is 4.24. The highest BCUT2D eigenvalue weighted by Gasteiger charge is 2.35. The standard InChI is InChI=1S/C12H13BrO2S/c1-8-11(14)5-6-12(8)16(15)10-4-2-3-9(13)7-10/h2-4,7-8,12H,5-6H2,1H3. The number of ketones is 1. The predicted molar refractivity (Wildman–Crippen MR) is 67.7 cm³/mol. The van der Waals surface area contributed by atoms with Gasteiger partial charge in [-0.25, -0.2) is 0 Å². The lowest BCUT2D eigenvalue weighted by molar-refractivity contribution is -0.120. The first-order valence-corrected chi connectivity index (χ1v) is 7.29. The van der Waals surface area contributed by atoms with Gasteiger partial charge in [-0.1, -0.05) is 28.9 Å². The number of Topliss-reactive ketones (excluding diaryl/α,β-unsaturated/α-hetero) is 1. The first-order valence-electron chi connectivity index (χ1n) is 5.28. The maximum absolute atomic E-state index is 12.3. The van der Waals surface area contributed by atoms with E-state index in [1.54, 1.807) is 0 Å². The molecule has 1 aliphatic carbocycles. The highest BCUT2D eigenvalue weighted by atomic mass is 79.9. The van der Waals surface area contributed by atoms with Crippen LogP contribution in [0.15, 0.2) is 33.6 Å². The van der Waals surface area contributed by atoms with Crippen LogP contribution in [0.5, 0.6) is 0 Å². The number of hydrogen-bond donors (Lipinski definition) is 0. The van der Waals surface area contributed by atoms with Gasteiger partial charge in [-0.2, -0.15) is 0 Å². The normalized spacial score (nSPS) is 27.0. The van der Waals surface area contributed by atoms with Gasteiger partial charge < -0.3 is 0 Å². The molecule has 0 radical (unpaired) electrons. The van der Waals surface area contributed by atoms with Crippen molar-refractivity contribution in [1.29, 1.82) is 0 Å². The summed E-state index contributed by atoms with van der Waals surface area (Å²) in [4.78, 5) is 12.2. The molecule has 16 heavy (non-hydrogen) atoms. The Labute approximate surface area is 106 Å². The molecule has 1 fully saturated rings. The van der Waals surface area contributed by atoms with Crippen molar-refractivity contribution in [2.24, 2.45) is 5.92 Å². The van der Waals surface area contributed by atoms with E-state index in [0.717, 1.165) is 15.8 Å². The molecule has 0 bridgehead atoms. The number of hydrogen-bond acceptors (Lipinski definition) is 2. The van der Waals surface area contributed by atoms with E-state index in [-0.39, 0.29) is 17.0 Å². The summed E-state index contributed by atoms with van der Waals surface area (Å²) >= 11 is 3.36. The quantitative estimate of drug-likeness (QED) is 0.841. The molecule has 0 amide bonds. The summed E-state index contributed by atoms with van der Waals surface area (Å²) in [5, 5.41) is -0.0122. The minimum absolute atomic E-state index is 0.0122. The van der Waals surface area contributed by atoms with Gasteiger partial charge in [0.2, 0.25) is 0 Å². The predicted octanol–water partition coefficient (Wildman–Crippen LogP) is 2.92. The molecule has 1 aromatic carbocycles. The summed E-state index contributed by atoms with van der Waals surface area (Å²) in [5.41, 5.74) is 0. The zero-order chi connectivity index (χ0) is 11.7. The van der Waals surface area contributed by atoms with Crippen molar-refractivity contribution in [2.75, 3.05) is 0 Å². The lowest BCUT2D eigenvalue weighted by Gasteiger charge is -2.13. The van der Waals surface area contributed by atoms with Crippen LogP contribution < -0.4 is 0 Å². The first-order chi connectivity index (χ1) is 7.59. The highest BCUT2D eigenvalue weighted by molar-refractivity contribution is 9.10. The van der Waals surface area contributed by atoms with Crippen molar-refractivity contribution in [1.82, 2.24) is 0 Å². The van der Waals surface area contributed by atoms with Crippen LogP contribution in [0.4, 0.5) is 0 Å². The van der Waals surface area contributed by atoms with Gasteiger partial charge in [0.15, 0.2) is 0 Å². The van der Waals surface area contributed by atoms with Crippen LogP contribution in [0.3, 0.4) is 0 Å². The lowest BCUT2D eigenvalue weighted by Crippen LogP contribution is -2.21.